The van der Waals surface area contributed by atoms with E-state index in [9.17, 15) is 9.59 Å². The molecule has 3 aromatic rings. The summed E-state index contributed by atoms with van der Waals surface area (Å²) < 4.78 is 11.8. The molecule has 1 fully saturated rings. The lowest BCUT2D eigenvalue weighted by Gasteiger charge is -2.34. The van der Waals surface area contributed by atoms with Crippen molar-refractivity contribution in [2.45, 2.75) is 57.2 Å². The van der Waals surface area contributed by atoms with Crippen LogP contribution in [0.4, 0.5) is 0 Å². The van der Waals surface area contributed by atoms with Gasteiger partial charge in [0.25, 0.3) is 0 Å². The summed E-state index contributed by atoms with van der Waals surface area (Å²) in [7, 11) is 0. The largest absolute Gasteiger partial charge is 0.392 e. The minimum Gasteiger partial charge on any atom is -0.392 e. The molecular weight excluding hydrogens is 462 g/mol. The Morgan fingerprint density at radius 3 is 1.89 bits per heavy atom. The van der Waals surface area contributed by atoms with Crippen LogP contribution in [0.1, 0.15) is 62.3 Å². The quantitative estimate of drug-likeness (QED) is 0.250. The van der Waals surface area contributed by atoms with Gasteiger partial charge in [0.05, 0.1) is 11.5 Å². The van der Waals surface area contributed by atoms with Crippen LogP contribution in [0.25, 0.3) is 0 Å². The molecule has 0 spiro atoms. The van der Waals surface area contributed by atoms with E-state index in [0.717, 1.165) is 38.0 Å². The van der Waals surface area contributed by atoms with Crippen molar-refractivity contribution in [2.24, 2.45) is 0 Å². The maximum atomic E-state index is 12.6. The molecular formula is C32H37NO4. The number of hydrogen-bond donors (Lipinski definition) is 0. The van der Waals surface area contributed by atoms with Gasteiger partial charge in [-0.15, -0.1) is 0 Å². The number of rotatable bonds is 10. The molecule has 0 aromatic heterocycles. The zero-order valence-electron chi connectivity index (χ0n) is 21.8. The van der Waals surface area contributed by atoms with Gasteiger partial charge in [-0.05, 0) is 56.3 Å². The molecule has 0 atom stereocenters. The van der Waals surface area contributed by atoms with Crippen molar-refractivity contribution in [3.8, 4) is 0 Å². The van der Waals surface area contributed by atoms with Gasteiger partial charge in [-0.25, -0.2) is 0 Å². The third-order valence-corrected chi connectivity index (χ3v) is 7.14. The minimum atomic E-state index is -0.865. The summed E-state index contributed by atoms with van der Waals surface area (Å²) in [6, 6.07) is 30.2. The molecule has 0 bridgehead atoms. The van der Waals surface area contributed by atoms with Gasteiger partial charge in [0.15, 0.2) is 0 Å². The lowest BCUT2D eigenvalue weighted by molar-refractivity contribution is -0.163. The second-order valence-corrected chi connectivity index (χ2v) is 10.2. The number of nitrogens with zero attached hydrogens (tertiary/aromatic N) is 1. The number of carbonyl (C=O) groups excluding carboxylic acids is 2. The number of ether oxygens (including phenoxy) is 2. The van der Waals surface area contributed by atoms with Gasteiger partial charge in [0, 0.05) is 19.5 Å². The van der Waals surface area contributed by atoms with Gasteiger partial charge in [-0.1, -0.05) is 91.0 Å². The molecule has 1 saturated heterocycles. The maximum Gasteiger partial charge on any atom is 0.323 e. The van der Waals surface area contributed by atoms with E-state index in [4.69, 9.17) is 9.47 Å². The number of likely N-dealkylation sites (tertiary alicyclic amines) is 1. The predicted molar refractivity (Wildman–Crippen MR) is 145 cm³/mol. The third-order valence-electron chi connectivity index (χ3n) is 7.14. The highest BCUT2D eigenvalue weighted by Gasteiger charge is 2.33. The molecule has 1 aliphatic heterocycles. The molecule has 0 N–H and O–H groups in total. The van der Waals surface area contributed by atoms with Crippen molar-refractivity contribution in [1.29, 1.82) is 0 Å². The Morgan fingerprint density at radius 2 is 1.35 bits per heavy atom. The Morgan fingerprint density at radius 1 is 0.838 bits per heavy atom. The first-order chi connectivity index (χ1) is 17.9. The molecule has 0 radical (unpaired) electrons. The highest BCUT2D eigenvalue weighted by atomic mass is 16.6. The van der Waals surface area contributed by atoms with Crippen molar-refractivity contribution < 1.29 is 19.1 Å². The van der Waals surface area contributed by atoms with Crippen LogP contribution < -0.4 is 0 Å². The highest BCUT2D eigenvalue weighted by Crippen LogP contribution is 2.30. The first-order valence-electron chi connectivity index (χ1n) is 13.2. The smallest absolute Gasteiger partial charge is 0.323 e. The highest BCUT2D eigenvalue weighted by molar-refractivity contribution is 5.91. The van der Waals surface area contributed by atoms with Gasteiger partial charge in [0.1, 0.15) is 6.10 Å². The Bertz CT molecular complexity index is 1080. The number of carbonyl (C=O) groups is 2. The van der Waals surface area contributed by atoms with Crippen LogP contribution in [0.15, 0.2) is 91.0 Å². The number of hydrogen-bond acceptors (Lipinski definition) is 5. The first-order valence-corrected chi connectivity index (χ1v) is 13.2. The van der Waals surface area contributed by atoms with Gasteiger partial charge in [-0.3, -0.25) is 9.59 Å². The van der Waals surface area contributed by atoms with Crippen LogP contribution in [0, 0.1) is 0 Å². The average Bonchev–Trinajstić information content (AvgIpc) is 2.94. The average molecular weight is 500 g/mol. The van der Waals surface area contributed by atoms with Gasteiger partial charge < -0.3 is 14.4 Å². The fourth-order valence-electron chi connectivity index (χ4n) is 4.77. The second kappa shape index (κ2) is 12.8. The van der Waals surface area contributed by atoms with Crippen molar-refractivity contribution in [1.82, 2.24) is 4.90 Å². The van der Waals surface area contributed by atoms with Gasteiger partial charge in [-0.2, -0.15) is 0 Å². The normalized spacial score (nSPS) is 15.0. The van der Waals surface area contributed by atoms with Crippen LogP contribution in [0.2, 0.25) is 0 Å². The summed E-state index contributed by atoms with van der Waals surface area (Å²) in [5.41, 5.74) is 2.30. The molecule has 5 heteroatoms. The standard InChI is InChI=1S/C32H37NO4/c1-32(2,27-17-10-5-11-18-27)31(35)37-29(34)19-12-22-33-23-20-28(21-24-33)36-30(25-13-6-3-7-14-25)26-15-8-4-9-16-26/h3-11,13-18,28,30H,12,19-24H2,1-2H3. The predicted octanol–water partition coefficient (Wildman–Crippen LogP) is 6.08. The van der Waals surface area contributed by atoms with E-state index in [1.54, 1.807) is 13.8 Å². The summed E-state index contributed by atoms with van der Waals surface area (Å²) in [5, 5.41) is 0. The van der Waals surface area contributed by atoms with Gasteiger partial charge in [0.2, 0.25) is 0 Å². The lowest BCUT2D eigenvalue weighted by atomic mass is 9.85. The van der Waals surface area contributed by atoms with Crippen LogP contribution in [-0.2, 0) is 24.5 Å². The summed E-state index contributed by atoms with van der Waals surface area (Å²) in [5.74, 6) is -0.964. The lowest BCUT2D eigenvalue weighted by Crippen LogP contribution is -2.38. The van der Waals surface area contributed by atoms with E-state index in [-0.39, 0.29) is 18.6 Å². The second-order valence-electron chi connectivity index (χ2n) is 10.2. The Hall–Kier alpha value is -3.28. The summed E-state index contributed by atoms with van der Waals surface area (Å²) in [4.78, 5) is 27.3. The fourth-order valence-corrected chi connectivity index (χ4v) is 4.77. The molecule has 0 saturated carbocycles. The molecule has 3 aromatic carbocycles. The van der Waals surface area contributed by atoms with Crippen LogP contribution in [0.3, 0.4) is 0 Å². The number of esters is 2. The molecule has 0 aliphatic carbocycles. The Kier molecular flexibility index (Phi) is 9.26. The van der Waals surface area contributed by atoms with E-state index in [0.29, 0.717) is 6.42 Å². The molecule has 4 rings (SSSR count). The summed E-state index contributed by atoms with van der Waals surface area (Å²) in [6.45, 7) is 6.22. The van der Waals surface area contributed by atoms with Crippen LogP contribution >= 0.6 is 0 Å². The van der Waals surface area contributed by atoms with Crippen molar-refractivity contribution in [3.05, 3.63) is 108 Å². The molecule has 0 unspecified atom stereocenters. The Balaban J connectivity index is 1.21. The zero-order chi connectivity index (χ0) is 26.1. The molecule has 5 nitrogen and oxygen atoms in total. The number of piperidine rings is 1. The van der Waals surface area contributed by atoms with E-state index in [1.165, 1.54) is 11.1 Å². The van der Waals surface area contributed by atoms with Crippen LogP contribution in [-0.4, -0.2) is 42.6 Å². The van der Waals surface area contributed by atoms with Gasteiger partial charge >= 0.3 is 11.9 Å². The molecule has 37 heavy (non-hydrogen) atoms. The first kappa shape index (κ1) is 26.8. The zero-order valence-corrected chi connectivity index (χ0v) is 21.8. The van der Waals surface area contributed by atoms with E-state index >= 15 is 0 Å². The van der Waals surface area contributed by atoms with E-state index in [1.807, 2.05) is 42.5 Å². The van der Waals surface area contributed by atoms with Crippen molar-refractivity contribution >= 4 is 11.9 Å². The SMILES string of the molecule is CC(C)(C(=O)OC(=O)CCCN1CCC(OC(c2ccccc2)c2ccccc2)CC1)c1ccccc1. The Labute approximate surface area is 220 Å². The topological polar surface area (TPSA) is 55.8 Å². The van der Waals surface area contributed by atoms with E-state index in [2.05, 4.69) is 53.4 Å². The third kappa shape index (κ3) is 7.37. The summed E-state index contributed by atoms with van der Waals surface area (Å²) in [6.07, 6.45) is 2.90. The minimum absolute atomic E-state index is 0.0774. The van der Waals surface area contributed by atoms with Crippen molar-refractivity contribution in [2.75, 3.05) is 19.6 Å². The maximum absolute atomic E-state index is 12.6. The summed E-state index contributed by atoms with van der Waals surface area (Å²) >= 11 is 0. The molecule has 0 amide bonds. The fraction of sp³-hybridized carbons (Fsp3) is 0.375. The van der Waals surface area contributed by atoms with Crippen molar-refractivity contribution in [3.63, 3.8) is 0 Å². The monoisotopic (exact) mass is 499 g/mol. The van der Waals surface area contributed by atoms with E-state index < -0.39 is 17.4 Å². The van der Waals surface area contributed by atoms with Crippen LogP contribution in [0.5, 0.6) is 0 Å². The molecule has 1 aliphatic rings. The number of benzene rings is 3. The molecule has 194 valence electrons. The molecule has 1 heterocycles.